The third-order valence-corrected chi connectivity index (χ3v) is 6.11. The molecule has 0 unspecified atom stereocenters. The highest BCUT2D eigenvalue weighted by Gasteiger charge is 2.21. The number of amides is 1. The molecule has 0 aliphatic rings. The zero-order chi connectivity index (χ0) is 20.9. The summed E-state index contributed by atoms with van der Waals surface area (Å²) in [6.45, 7) is -0.126. The van der Waals surface area contributed by atoms with Gasteiger partial charge in [-0.15, -0.1) is 10.2 Å². The maximum absolute atomic E-state index is 12.7. The van der Waals surface area contributed by atoms with Gasteiger partial charge in [0.05, 0.1) is 20.8 Å². The number of benzene rings is 2. The van der Waals surface area contributed by atoms with Crippen LogP contribution < -0.4 is 19.5 Å². The molecule has 2 aromatic carbocycles. The molecule has 3 aromatic rings. The highest BCUT2D eigenvalue weighted by atomic mass is 32.2. The van der Waals surface area contributed by atoms with Crippen molar-refractivity contribution in [3.8, 4) is 11.5 Å². The van der Waals surface area contributed by atoms with E-state index in [2.05, 4.69) is 20.2 Å². The zero-order valence-electron chi connectivity index (χ0n) is 15.6. The van der Waals surface area contributed by atoms with Gasteiger partial charge in [0, 0.05) is 11.8 Å². The first-order valence-electron chi connectivity index (χ1n) is 8.33. The van der Waals surface area contributed by atoms with E-state index in [1.54, 1.807) is 30.3 Å². The number of anilines is 1. The van der Waals surface area contributed by atoms with Gasteiger partial charge in [0.1, 0.15) is 21.4 Å². The van der Waals surface area contributed by atoms with Crippen LogP contribution in [0.15, 0.2) is 53.4 Å². The van der Waals surface area contributed by atoms with E-state index in [1.807, 2.05) is 6.07 Å². The number of nitrogens with one attached hydrogen (secondary N) is 2. The zero-order valence-corrected chi connectivity index (χ0v) is 17.2. The first kappa shape index (κ1) is 20.7. The fourth-order valence-electron chi connectivity index (χ4n) is 2.35. The lowest BCUT2D eigenvalue weighted by atomic mass is 10.3. The number of hydrogen-bond donors (Lipinski definition) is 2. The van der Waals surface area contributed by atoms with E-state index in [1.165, 1.54) is 26.4 Å². The lowest BCUT2D eigenvalue weighted by Gasteiger charge is -2.11. The Morgan fingerprint density at radius 1 is 1.07 bits per heavy atom. The average molecular weight is 434 g/mol. The van der Waals surface area contributed by atoms with Crippen molar-refractivity contribution in [3.05, 3.63) is 58.5 Å². The molecule has 3 rings (SSSR count). The van der Waals surface area contributed by atoms with Crippen LogP contribution in [0.2, 0.25) is 0 Å². The van der Waals surface area contributed by atoms with Gasteiger partial charge in [-0.25, -0.2) is 13.1 Å². The van der Waals surface area contributed by atoms with Crippen molar-refractivity contribution in [2.24, 2.45) is 0 Å². The van der Waals surface area contributed by atoms with Gasteiger partial charge < -0.3 is 14.8 Å². The summed E-state index contributed by atoms with van der Waals surface area (Å²) in [5.41, 5.74) is 0.625. The number of sulfonamides is 1. The fraction of sp³-hybridized carbons (Fsp3) is 0.167. The van der Waals surface area contributed by atoms with Crippen LogP contribution in [0.5, 0.6) is 11.5 Å². The first-order valence-corrected chi connectivity index (χ1v) is 10.6. The molecule has 1 heterocycles. The van der Waals surface area contributed by atoms with Crippen molar-refractivity contribution in [2.75, 3.05) is 19.5 Å². The van der Waals surface area contributed by atoms with Crippen molar-refractivity contribution in [3.63, 3.8) is 0 Å². The molecule has 0 fully saturated rings. The molecule has 1 aromatic heterocycles. The molecule has 9 nitrogen and oxygen atoms in total. The Hall–Kier alpha value is -3.02. The van der Waals surface area contributed by atoms with Crippen LogP contribution in [0.3, 0.4) is 0 Å². The van der Waals surface area contributed by atoms with E-state index in [4.69, 9.17) is 9.47 Å². The van der Waals surface area contributed by atoms with Gasteiger partial charge >= 0.3 is 0 Å². The lowest BCUT2D eigenvalue weighted by Crippen LogP contribution is -2.23. The van der Waals surface area contributed by atoms with Crippen LogP contribution in [0.25, 0.3) is 0 Å². The second-order valence-corrected chi connectivity index (χ2v) is 8.46. The number of para-hydroxylation sites is 1. The van der Waals surface area contributed by atoms with E-state index in [-0.39, 0.29) is 22.2 Å². The Morgan fingerprint density at radius 2 is 1.83 bits per heavy atom. The van der Waals surface area contributed by atoms with Crippen LogP contribution in [-0.2, 0) is 16.6 Å². The van der Waals surface area contributed by atoms with E-state index in [0.29, 0.717) is 16.4 Å². The highest BCUT2D eigenvalue weighted by molar-refractivity contribution is 7.89. The molecule has 0 atom stereocenters. The molecule has 152 valence electrons. The summed E-state index contributed by atoms with van der Waals surface area (Å²) < 4.78 is 38.0. The number of ether oxygens (including phenoxy) is 2. The Bertz CT molecular complexity index is 1100. The van der Waals surface area contributed by atoms with Gasteiger partial charge in [-0.1, -0.05) is 29.5 Å². The van der Waals surface area contributed by atoms with Gasteiger partial charge in [-0.3, -0.25) is 4.79 Å². The number of aromatic nitrogens is 2. The second kappa shape index (κ2) is 8.99. The Balaban J connectivity index is 1.70. The van der Waals surface area contributed by atoms with Crippen molar-refractivity contribution < 1.29 is 22.7 Å². The quantitative estimate of drug-likeness (QED) is 0.558. The van der Waals surface area contributed by atoms with E-state index < -0.39 is 15.9 Å². The highest BCUT2D eigenvalue weighted by Crippen LogP contribution is 2.28. The normalized spacial score (nSPS) is 11.1. The Morgan fingerprint density at radius 3 is 2.52 bits per heavy atom. The molecule has 29 heavy (non-hydrogen) atoms. The monoisotopic (exact) mass is 434 g/mol. The van der Waals surface area contributed by atoms with Crippen LogP contribution in [0.4, 0.5) is 5.69 Å². The summed E-state index contributed by atoms with van der Waals surface area (Å²) in [6.07, 6.45) is 0. The molecule has 2 N–H and O–H groups in total. The number of hydrogen-bond acceptors (Lipinski definition) is 8. The van der Waals surface area contributed by atoms with Crippen molar-refractivity contribution in [1.82, 2.24) is 14.9 Å². The minimum absolute atomic E-state index is 0.0640. The smallest absolute Gasteiger partial charge is 0.286 e. The summed E-state index contributed by atoms with van der Waals surface area (Å²) in [7, 11) is -1.09. The van der Waals surface area contributed by atoms with Crippen LogP contribution in [-0.4, -0.2) is 38.7 Å². The summed E-state index contributed by atoms with van der Waals surface area (Å²) in [5.74, 6) is 0.137. The van der Waals surface area contributed by atoms with E-state index in [0.717, 1.165) is 11.3 Å². The topological polar surface area (TPSA) is 120 Å². The van der Waals surface area contributed by atoms with Crippen molar-refractivity contribution in [2.45, 2.75) is 11.4 Å². The Kier molecular flexibility index (Phi) is 6.42. The standard InChI is InChI=1S/C18H18N4O5S2/c1-26-13-8-9-14(27-2)15(10-13)29(24,25)19-11-16-21-22-18(28-16)17(23)20-12-6-4-3-5-7-12/h3-10,19H,11H2,1-2H3,(H,20,23). The van der Waals surface area contributed by atoms with Crippen molar-refractivity contribution in [1.29, 1.82) is 0 Å². The largest absolute Gasteiger partial charge is 0.497 e. The predicted octanol–water partition coefficient (Wildman–Crippen LogP) is 2.29. The molecule has 0 aliphatic heterocycles. The third kappa shape index (κ3) is 5.08. The summed E-state index contributed by atoms with van der Waals surface area (Å²) >= 11 is 0.997. The van der Waals surface area contributed by atoms with Crippen molar-refractivity contribution >= 4 is 33.0 Å². The molecule has 0 bridgehead atoms. The fourth-order valence-corrected chi connectivity index (χ4v) is 4.29. The number of nitrogens with zero attached hydrogens (tertiary/aromatic N) is 2. The molecular weight excluding hydrogens is 416 g/mol. The van der Waals surface area contributed by atoms with Crippen LogP contribution >= 0.6 is 11.3 Å². The number of rotatable bonds is 8. The molecule has 0 saturated carbocycles. The maximum atomic E-state index is 12.7. The lowest BCUT2D eigenvalue weighted by molar-refractivity contribution is 0.102. The SMILES string of the molecule is COc1ccc(OC)c(S(=O)(=O)NCc2nnc(C(=O)Nc3ccccc3)s2)c1. The number of carbonyl (C=O) groups is 1. The Labute approximate surface area is 171 Å². The molecule has 0 saturated heterocycles. The maximum Gasteiger partial charge on any atom is 0.286 e. The minimum Gasteiger partial charge on any atom is -0.497 e. The molecule has 0 radical (unpaired) electrons. The van der Waals surface area contributed by atoms with Gasteiger partial charge in [-0.05, 0) is 24.3 Å². The minimum atomic E-state index is -3.91. The molecule has 0 aliphatic carbocycles. The molecule has 11 heteroatoms. The van der Waals surface area contributed by atoms with Gasteiger partial charge in [0.25, 0.3) is 5.91 Å². The third-order valence-electron chi connectivity index (χ3n) is 3.77. The van der Waals surface area contributed by atoms with Gasteiger partial charge in [0.2, 0.25) is 15.0 Å². The van der Waals surface area contributed by atoms with E-state index >= 15 is 0 Å². The molecule has 1 amide bonds. The number of carbonyl (C=O) groups excluding carboxylic acids is 1. The average Bonchev–Trinajstić information content (AvgIpc) is 3.22. The molecular formula is C18H18N4O5S2. The summed E-state index contributed by atoms with van der Waals surface area (Å²) in [4.78, 5) is 12.2. The summed E-state index contributed by atoms with van der Waals surface area (Å²) in [5, 5.41) is 10.9. The predicted molar refractivity (Wildman–Crippen MR) is 108 cm³/mol. The van der Waals surface area contributed by atoms with Crippen LogP contribution in [0, 0.1) is 0 Å². The van der Waals surface area contributed by atoms with Gasteiger partial charge in [-0.2, -0.15) is 0 Å². The van der Waals surface area contributed by atoms with Crippen LogP contribution in [0.1, 0.15) is 14.8 Å². The van der Waals surface area contributed by atoms with E-state index in [9.17, 15) is 13.2 Å². The summed E-state index contributed by atoms with van der Waals surface area (Å²) in [6, 6.07) is 13.4. The number of methoxy groups -OCH3 is 2. The second-order valence-electron chi connectivity index (χ2n) is 5.66. The van der Waals surface area contributed by atoms with Gasteiger partial charge in [0.15, 0.2) is 0 Å². The first-order chi connectivity index (χ1) is 13.9. The molecule has 0 spiro atoms.